The molecule has 0 spiro atoms. The highest BCUT2D eigenvalue weighted by Crippen LogP contribution is 2.29. The summed E-state index contributed by atoms with van der Waals surface area (Å²) in [6.07, 6.45) is 1.23. The lowest BCUT2D eigenvalue weighted by Gasteiger charge is -2.15. The van der Waals surface area contributed by atoms with Gasteiger partial charge in [0.2, 0.25) is 0 Å². The summed E-state index contributed by atoms with van der Waals surface area (Å²) in [5, 5.41) is 4.26. The molecule has 0 aliphatic carbocycles. The monoisotopic (exact) mass is 285 g/mol. The van der Waals surface area contributed by atoms with Crippen LogP contribution in [0.5, 0.6) is 0 Å². The van der Waals surface area contributed by atoms with Crippen molar-refractivity contribution in [1.82, 2.24) is 5.32 Å². The second kappa shape index (κ2) is 8.08. The lowest BCUT2D eigenvalue weighted by Crippen LogP contribution is -2.17. The lowest BCUT2D eigenvalue weighted by atomic mass is 10.1. The van der Waals surface area contributed by atoms with E-state index in [0.717, 1.165) is 23.2 Å². The van der Waals surface area contributed by atoms with Crippen molar-refractivity contribution in [2.75, 3.05) is 12.3 Å². The maximum absolute atomic E-state index is 6.36. The zero-order valence-corrected chi connectivity index (χ0v) is 13.4. The average Bonchev–Trinajstić information content (AvgIpc) is 2.36. The summed E-state index contributed by atoms with van der Waals surface area (Å²) in [6, 6.07) is 6.74. The molecule has 0 saturated heterocycles. The number of hydrogen-bond acceptors (Lipinski definition) is 2. The van der Waals surface area contributed by atoms with Gasteiger partial charge in [0.15, 0.2) is 0 Å². The van der Waals surface area contributed by atoms with E-state index in [0.29, 0.717) is 6.04 Å². The number of halogens is 1. The van der Waals surface area contributed by atoms with Crippen LogP contribution in [0.1, 0.15) is 45.7 Å². The van der Waals surface area contributed by atoms with Crippen LogP contribution < -0.4 is 5.32 Å². The minimum atomic E-state index is 0.316. The fourth-order valence-corrected chi connectivity index (χ4v) is 3.21. The summed E-state index contributed by atoms with van der Waals surface area (Å²) in [5.41, 5.74) is 1.19. The molecule has 1 aromatic rings. The third-order valence-electron chi connectivity index (χ3n) is 3.18. The summed E-state index contributed by atoms with van der Waals surface area (Å²) in [4.78, 5) is 1.27. The van der Waals surface area contributed by atoms with Crippen LogP contribution >= 0.6 is 23.4 Å². The van der Waals surface area contributed by atoms with Gasteiger partial charge >= 0.3 is 0 Å². The van der Waals surface area contributed by atoms with Gasteiger partial charge in [-0.25, -0.2) is 0 Å². The molecule has 3 heteroatoms. The van der Waals surface area contributed by atoms with Gasteiger partial charge in [0.05, 0.1) is 0 Å². The van der Waals surface area contributed by atoms with E-state index in [-0.39, 0.29) is 0 Å². The SMILES string of the molecule is CCNC(C)c1ccc(SCC(C)CC)cc1Cl. The lowest BCUT2D eigenvalue weighted by molar-refractivity contribution is 0.598. The standard InChI is InChI=1S/C15H24ClNS/c1-5-11(3)10-18-13-7-8-14(15(16)9-13)12(4)17-6-2/h7-9,11-12,17H,5-6,10H2,1-4H3. The van der Waals surface area contributed by atoms with Gasteiger partial charge in [0.1, 0.15) is 0 Å². The molecule has 102 valence electrons. The van der Waals surface area contributed by atoms with Gasteiger partial charge in [0, 0.05) is 21.7 Å². The fourth-order valence-electron chi connectivity index (χ4n) is 1.72. The summed E-state index contributed by atoms with van der Waals surface area (Å²) in [6.45, 7) is 9.75. The molecule has 0 saturated carbocycles. The first-order valence-electron chi connectivity index (χ1n) is 6.74. The summed E-state index contributed by atoms with van der Waals surface area (Å²) < 4.78 is 0. The Kier molecular flexibility index (Phi) is 7.13. The first kappa shape index (κ1) is 15.9. The van der Waals surface area contributed by atoms with Crippen molar-refractivity contribution in [3.8, 4) is 0 Å². The molecule has 1 aromatic carbocycles. The molecule has 0 amide bonds. The zero-order valence-electron chi connectivity index (χ0n) is 11.8. The minimum Gasteiger partial charge on any atom is -0.310 e. The Balaban J connectivity index is 2.67. The molecule has 0 fully saturated rings. The Hall–Kier alpha value is -0.180. The molecule has 0 aliphatic rings. The highest BCUT2D eigenvalue weighted by atomic mass is 35.5. The van der Waals surface area contributed by atoms with E-state index in [2.05, 4.69) is 51.2 Å². The number of thioether (sulfide) groups is 1. The van der Waals surface area contributed by atoms with Crippen LogP contribution in [0.15, 0.2) is 23.1 Å². The zero-order chi connectivity index (χ0) is 13.5. The molecule has 2 unspecified atom stereocenters. The topological polar surface area (TPSA) is 12.0 Å². The maximum Gasteiger partial charge on any atom is 0.0464 e. The number of nitrogens with one attached hydrogen (secondary N) is 1. The summed E-state index contributed by atoms with van der Waals surface area (Å²) in [7, 11) is 0. The second-order valence-corrected chi connectivity index (χ2v) is 6.29. The molecule has 0 radical (unpaired) electrons. The van der Waals surface area contributed by atoms with Crippen LogP contribution in [0.3, 0.4) is 0 Å². The van der Waals surface area contributed by atoms with Crippen LogP contribution in [-0.2, 0) is 0 Å². The van der Waals surface area contributed by atoms with Gasteiger partial charge in [-0.05, 0) is 37.1 Å². The predicted octanol–water partition coefficient (Wildman–Crippen LogP) is 5.15. The molecule has 0 aliphatic heterocycles. The molecule has 0 aromatic heterocycles. The van der Waals surface area contributed by atoms with Crippen molar-refractivity contribution in [1.29, 1.82) is 0 Å². The van der Waals surface area contributed by atoms with Gasteiger partial charge < -0.3 is 5.32 Å². The third kappa shape index (κ3) is 4.83. The Labute approximate surface area is 121 Å². The van der Waals surface area contributed by atoms with Crippen LogP contribution in [0, 0.1) is 5.92 Å². The minimum absolute atomic E-state index is 0.316. The number of rotatable bonds is 7. The predicted molar refractivity (Wildman–Crippen MR) is 83.7 cm³/mol. The molecule has 0 heterocycles. The Morgan fingerprint density at radius 2 is 2.00 bits per heavy atom. The largest absolute Gasteiger partial charge is 0.310 e. The Morgan fingerprint density at radius 1 is 1.28 bits per heavy atom. The Bertz CT molecular complexity index is 368. The normalized spacial score (nSPS) is 14.5. The van der Waals surface area contributed by atoms with Crippen LogP contribution in [0.2, 0.25) is 5.02 Å². The van der Waals surface area contributed by atoms with E-state index in [1.165, 1.54) is 16.9 Å². The molecule has 1 N–H and O–H groups in total. The summed E-state index contributed by atoms with van der Waals surface area (Å²) in [5.74, 6) is 1.92. The van der Waals surface area contributed by atoms with Crippen molar-refractivity contribution in [2.24, 2.45) is 5.92 Å². The van der Waals surface area contributed by atoms with E-state index >= 15 is 0 Å². The molecule has 1 nitrogen and oxygen atoms in total. The first-order valence-corrected chi connectivity index (χ1v) is 8.10. The molecule has 18 heavy (non-hydrogen) atoms. The van der Waals surface area contributed by atoms with Gasteiger partial charge in [-0.3, -0.25) is 0 Å². The highest BCUT2D eigenvalue weighted by molar-refractivity contribution is 7.99. The smallest absolute Gasteiger partial charge is 0.0464 e. The third-order valence-corrected chi connectivity index (χ3v) is 4.83. The van der Waals surface area contributed by atoms with Gasteiger partial charge in [0.25, 0.3) is 0 Å². The number of benzene rings is 1. The fraction of sp³-hybridized carbons (Fsp3) is 0.600. The van der Waals surface area contributed by atoms with Crippen molar-refractivity contribution in [2.45, 2.75) is 45.1 Å². The van der Waals surface area contributed by atoms with E-state index in [1.807, 2.05) is 11.8 Å². The van der Waals surface area contributed by atoms with E-state index in [4.69, 9.17) is 11.6 Å². The van der Waals surface area contributed by atoms with Crippen molar-refractivity contribution in [3.63, 3.8) is 0 Å². The highest BCUT2D eigenvalue weighted by Gasteiger charge is 2.09. The molecule has 1 rings (SSSR count). The first-order chi connectivity index (χ1) is 8.58. The number of hydrogen-bond donors (Lipinski definition) is 1. The van der Waals surface area contributed by atoms with E-state index in [9.17, 15) is 0 Å². The van der Waals surface area contributed by atoms with Crippen molar-refractivity contribution >= 4 is 23.4 Å². The molecular formula is C15H24ClNS. The molecular weight excluding hydrogens is 262 g/mol. The second-order valence-electron chi connectivity index (χ2n) is 4.79. The van der Waals surface area contributed by atoms with Crippen LogP contribution in [0.4, 0.5) is 0 Å². The van der Waals surface area contributed by atoms with Crippen molar-refractivity contribution < 1.29 is 0 Å². The van der Waals surface area contributed by atoms with E-state index in [1.54, 1.807) is 0 Å². The van der Waals surface area contributed by atoms with Crippen LogP contribution in [-0.4, -0.2) is 12.3 Å². The van der Waals surface area contributed by atoms with Gasteiger partial charge in [-0.2, -0.15) is 0 Å². The Morgan fingerprint density at radius 3 is 2.56 bits per heavy atom. The van der Waals surface area contributed by atoms with E-state index < -0.39 is 0 Å². The quantitative estimate of drug-likeness (QED) is 0.696. The van der Waals surface area contributed by atoms with Crippen LogP contribution in [0.25, 0.3) is 0 Å². The molecule has 0 bridgehead atoms. The maximum atomic E-state index is 6.36. The van der Waals surface area contributed by atoms with Crippen molar-refractivity contribution in [3.05, 3.63) is 28.8 Å². The van der Waals surface area contributed by atoms with Gasteiger partial charge in [-0.15, -0.1) is 11.8 Å². The summed E-state index contributed by atoms with van der Waals surface area (Å²) >= 11 is 8.25. The average molecular weight is 286 g/mol. The van der Waals surface area contributed by atoms with Gasteiger partial charge in [-0.1, -0.05) is 44.9 Å². The molecule has 2 atom stereocenters.